The van der Waals surface area contributed by atoms with Gasteiger partial charge in [-0.3, -0.25) is 14.2 Å². The number of carbonyl (C=O) groups excluding carboxylic acids is 2. The zero-order chi connectivity index (χ0) is 13.8. The van der Waals surface area contributed by atoms with E-state index in [1.165, 1.54) is 24.0 Å². The van der Waals surface area contributed by atoms with Crippen molar-refractivity contribution in [3.05, 3.63) is 36.7 Å². The van der Waals surface area contributed by atoms with Crippen LogP contribution in [0.3, 0.4) is 0 Å². The van der Waals surface area contributed by atoms with Gasteiger partial charge in [0.25, 0.3) is 5.91 Å². The van der Waals surface area contributed by atoms with Gasteiger partial charge in [-0.2, -0.15) is 0 Å². The molecule has 1 atom stereocenters. The summed E-state index contributed by atoms with van der Waals surface area (Å²) in [6, 6.07) is 0.924. The van der Waals surface area contributed by atoms with Crippen LogP contribution in [0.5, 0.6) is 0 Å². The highest BCUT2D eigenvalue weighted by molar-refractivity contribution is 5.95. The summed E-state index contributed by atoms with van der Waals surface area (Å²) in [4.78, 5) is 34.6. The van der Waals surface area contributed by atoms with E-state index >= 15 is 0 Å². The molecule has 0 radical (unpaired) electrons. The largest absolute Gasteiger partial charge is 0.368 e. The lowest BCUT2D eigenvalue weighted by molar-refractivity contribution is -0.119. The first kappa shape index (κ1) is 12.7. The van der Waals surface area contributed by atoms with Crippen molar-refractivity contribution in [2.45, 2.75) is 13.0 Å². The zero-order valence-corrected chi connectivity index (χ0v) is 10.1. The van der Waals surface area contributed by atoms with E-state index in [1.807, 2.05) is 0 Å². The van der Waals surface area contributed by atoms with E-state index < -0.39 is 17.9 Å². The van der Waals surface area contributed by atoms with Crippen LogP contribution in [-0.2, 0) is 4.79 Å². The molecular formula is C11H12N6O2. The van der Waals surface area contributed by atoms with Gasteiger partial charge in [0.1, 0.15) is 18.1 Å². The van der Waals surface area contributed by atoms with Gasteiger partial charge in [0.2, 0.25) is 11.9 Å². The average molecular weight is 260 g/mol. The molecule has 0 aliphatic rings. The molecular weight excluding hydrogens is 248 g/mol. The van der Waals surface area contributed by atoms with Crippen LogP contribution in [0.1, 0.15) is 17.4 Å². The van der Waals surface area contributed by atoms with Gasteiger partial charge in [-0.15, -0.1) is 0 Å². The molecule has 0 unspecified atom stereocenters. The molecule has 98 valence electrons. The number of hydrogen-bond acceptors (Lipinski definition) is 5. The highest BCUT2D eigenvalue weighted by atomic mass is 16.2. The van der Waals surface area contributed by atoms with Crippen LogP contribution in [0.2, 0.25) is 0 Å². The molecule has 0 aromatic carbocycles. The van der Waals surface area contributed by atoms with Crippen LogP contribution in [0.15, 0.2) is 31.0 Å². The quantitative estimate of drug-likeness (QED) is 0.751. The van der Waals surface area contributed by atoms with Crippen molar-refractivity contribution >= 4 is 11.8 Å². The summed E-state index contributed by atoms with van der Waals surface area (Å²) >= 11 is 0. The van der Waals surface area contributed by atoms with Crippen molar-refractivity contribution in [1.29, 1.82) is 0 Å². The minimum atomic E-state index is -0.759. The van der Waals surface area contributed by atoms with Crippen molar-refractivity contribution in [2.75, 3.05) is 0 Å². The predicted molar refractivity (Wildman–Crippen MR) is 65.3 cm³/mol. The topological polar surface area (TPSA) is 116 Å². The molecule has 19 heavy (non-hydrogen) atoms. The van der Waals surface area contributed by atoms with Crippen LogP contribution >= 0.6 is 0 Å². The number of aromatic nitrogens is 4. The Bertz CT molecular complexity index is 594. The van der Waals surface area contributed by atoms with Crippen molar-refractivity contribution in [3.8, 4) is 5.95 Å². The van der Waals surface area contributed by atoms with Crippen molar-refractivity contribution < 1.29 is 9.59 Å². The second kappa shape index (κ2) is 5.25. The van der Waals surface area contributed by atoms with E-state index in [1.54, 1.807) is 18.5 Å². The molecule has 0 aliphatic carbocycles. The monoisotopic (exact) mass is 260 g/mol. The molecule has 0 bridgehead atoms. The first-order valence-corrected chi connectivity index (χ1v) is 5.49. The number of nitrogens with one attached hydrogen (secondary N) is 1. The van der Waals surface area contributed by atoms with E-state index in [2.05, 4.69) is 20.3 Å². The first-order chi connectivity index (χ1) is 9.08. The fourth-order valence-corrected chi connectivity index (χ4v) is 1.32. The Morgan fingerprint density at radius 1 is 1.32 bits per heavy atom. The lowest BCUT2D eigenvalue weighted by Gasteiger charge is -2.07. The maximum atomic E-state index is 11.8. The highest BCUT2D eigenvalue weighted by Crippen LogP contribution is 2.02. The van der Waals surface area contributed by atoms with Crippen LogP contribution in [0.25, 0.3) is 5.95 Å². The van der Waals surface area contributed by atoms with Gasteiger partial charge in [0.15, 0.2) is 0 Å². The van der Waals surface area contributed by atoms with Gasteiger partial charge in [-0.25, -0.2) is 15.0 Å². The molecule has 2 aromatic rings. The average Bonchev–Trinajstić information content (AvgIpc) is 2.89. The Balaban J connectivity index is 2.13. The fourth-order valence-electron chi connectivity index (χ4n) is 1.32. The summed E-state index contributed by atoms with van der Waals surface area (Å²) in [5, 5.41) is 2.43. The second-order valence-corrected chi connectivity index (χ2v) is 3.81. The molecule has 3 N–H and O–H groups in total. The van der Waals surface area contributed by atoms with Gasteiger partial charge in [-0.05, 0) is 13.0 Å². The molecule has 2 aromatic heterocycles. The molecule has 2 amide bonds. The number of hydrogen-bond donors (Lipinski definition) is 2. The number of nitrogens with two attached hydrogens (primary N) is 1. The molecule has 0 spiro atoms. The second-order valence-electron chi connectivity index (χ2n) is 3.81. The minimum Gasteiger partial charge on any atom is -0.368 e. The molecule has 2 rings (SSSR count). The number of carbonyl (C=O) groups is 2. The Hall–Kier alpha value is -2.77. The summed E-state index contributed by atoms with van der Waals surface area (Å²) in [6.45, 7) is 1.50. The van der Waals surface area contributed by atoms with E-state index in [0.717, 1.165) is 0 Å². The van der Waals surface area contributed by atoms with E-state index in [9.17, 15) is 9.59 Å². The molecule has 0 fully saturated rings. The smallest absolute Gasteiger partial charge is 0.272 e. The summed E-state index contributed by atoms with van der Waals surface area (Å²) < 4.78 is 1.50. The maximum absolute atomic E-state index is 11.8. The lowest BCUT2D eigenvalue weighted by Crippen LogP contribution is -2.42. The number of nitrogens with zero attached hydrogens (tertiary/aromatic N) is 4. The van der Waals surface area contributed by atoms with Gasteiger partial charge in [0.05, 0.1) is 0 Å². The molecule has 0 aliphatic heterocycles. The van der Waals surface area contributed by atoms with E-state index in [-0.39, 0.29) is 5.69 Å². The summed E-state index contributed by atoms with van der Waals surface area (Å²) in [7, 11) is 0. The third-order valence-corrected chi connectivity index (χ3v) is 2.37. The molecule has 0 saturated heterocycles. The van der Waals surface area contributed by atoms with Crippen LogP contribution in [-0.4, -0.2) is 37.4 Å². The van der Waals surface area contributed by atoms with Crippen molar-refractivity contribution in [3.63, 3.8) is 0 Å². The Kier molecular flexibility index (Phi) is 3.51. The van der Waals surface area contributed by atoms with Gasteiger partial charge in [0, 0.05) is 18.6 Å². The number of imidazole rings is 1. The predicted octanol–water partition coefficient (Wildman–Crippen LogP) is -0.734. The lowest BCUT2D eigenvalue weighted by atomic mass is 10.3. The minimum absolute atomic E-state index is 0.153. The molecule has 8 heteroatoms. The van der Waals surface area contributed by atoms with Crippen molar-refractivity contribution in [1.82, 2.24) is 24.8 Å². The van der Waals surface area contributed by atoms with Crippen LogP contribution in [0, 0.1) is 0 Å². The molecule has 0 saturated carbocycles. The van der Waals surface area contributed by atoms with Crippen molar-refractivity contribution in [2.24, 2.45) is 5.73 Å². The summed E-state index contributed by atoms with van der Waals surface area (Å²) in [5.74, 6) is -0.697. The zero-order valence-electron chi connectivity index (χ0n) is 10.1. The summed E-state index contributed by atoms with van der Waals surface area (Å²) in [6.07, 6.45) is 6.05. The molecule has 2 heterocycles. The first-order valence-electron chi connectivity index (χ1n) is 5.49. The van der Waals surface area contributed by atoms with Gasteiger partial charge < -0.3 is 11.1 Å². The normalized spacial score (nSPS) is 11.8. The number of amides is 2. The van der Waals surface area contributed by atoms with Gasteiger partial charge in [-0.1, -0.05) is 0 Å². The van der Waals surface area contributed by atoms with E-state index in [4.69, 9.17) is 5.73 Å². The summed E-state index contributed by atoms with van der Waals surface area (Å²) in [5.41, 5.74) is 5.21. The number of primary amides is 1. The fraction of sp³-hybridized carbons (Fsp3) is 0.182. The third-order valence-electron chi connectivity index (χ3n) is 2.37. The highest BCUT2D eigenvalue weighted by Gasteiger charge is 2.16. The van der Waals surface area contributed by atoms with Crippen LogP contribution in [0.4, 0.5) is 0 Å². The van der Waals surface area contributed by atoms with E-state index in [0.29, 0.717) is 5.95 Å². The Morgan fingerprint density at radius 3 is 2.63 bits per heavy atom. The SMILES string of the molecule is C[C@H](NC(=O)c1cn(-c2ncccn2)cn1)C(N)=O. The molecule has 8 nitrogen and oxygen atoms in total. The Morgan fingerprint density at radius 2 is 2.00 bits per heavy atom. The Labute approximate surface area is 108 Å². The van der Waals surface area contributed by atoms with Crippen LogP contribution < -0.4 is 11.1 Å². The third kappa shape index (κ3) is 2.92. The number of rotatable bonds is 4. The van der Waals surface area contributed by atoms with Gasteiger partial charge >= 0.3 is 0 Å². The maximum Gasteiger partial charge on any atom is 0.272 e. The standard InChI is InChI=1S/C11H12N6O2/c1-7(9(12)18)16-10(19)8-5-17(6-15-8)11-13-3-2-4-14-11/h2-7H,1H3,(H2,12,18)(H,16,19)/t7-/m0/s1.